The number of nitrogens with zero attached hydrogens (tertiary/aromatic N) is 3. The fraction of sp³-hybridized carbons (Fsp3) is 0.400. The highest BCUT2D eigenvalue weighted by Crippen LogP contribution is 2.25. The molecular formula is C15H18N4O3. The number of furan rings is 1. The molecule has 0 aromatic carbocycles. The van der Waals surface area contributed by atoms with Gasteiger partial charge in [-0.1, -0.05) is 0 Å². The van der Waals surface area contributed by atoms with E-state index in [1.807, 2.05) is 6.92 Å². The van der Waals surface area contributed by atoms with Gasteiger partial charge in [0.2, 0.25) is 5.91 Å². The van der Waals surface area contributed by atoms with E-state index in [-0.39, 0.29) is 11.8 Å². The molecule has 1 N–H and O–H groups in total. The summed E-state index contributed by atoms with van der Waals surface area (Å²) >= 11 is 0. The monoisotopic (exact) mass is 302 g/mol. The highest BCUT2D eigenvalue weighted by Gasteiger charge is 2.28. The van der Waals surface area contributed by atoms with E-state index in [0.717, 1.165) is 0 Å². The number of carbonyl (C=O) groups is 2. The third-order valence-corrected chi connectivity index (χ3v) is 3.93. The molecule has 116 valence electrons. The van der Waals surface area contributed by atoms with Crippen LogP contribution in [0.5, 0.6) is 0 Å². The van der Waals surface area contributed by atoms with E-state index < -0.39 is 0 Å². The zero-order valence-electron chi connectivity index (χ0n) is 12.6. The van der Waals surface area contributed by atoms with Gasteiger partial charge in [-0.2, -0.15) is 5.10 Å². The van der Waals surface area contributed by atoms with Crippen LogP contribution in [0, 0.1) is 6.92 Å². The molecule has 0 spiro atoms. The maximum Gasteiger partial charge on any atom is 0.258 e. The predicted octanol–water partition coefficient (Wildman–Crippen LogP) is 1.28. The Bertz CT molecular complexity index is 682. The molecule has 0 atom stereocenters. The summed E-state index contributed by atoms with van der Waals surface area (Å²) in [4.78, 5) is 27.7. The molecule has 7 nitrogen and oxygen atoms in total. The Morgan fingerprint density at radius 1 is 1.23 bits per heavy atom. The van der Waals surface area contributed by atoms with Crippen LogP contribution in [0.15, 0.2) is 22.8 Å². The van der Waals surface area contributed by atoms with Crippen LogP contribution in [-0.4, -0.2) is 58.0 Å². The van der Waals surface area contributed by atoms with E-state index in [9.17, 15) is 9.59 Å². The van der Waals surface area contributed by atoms with Crippen molar-refractivity contribution in [2.75, 3.05) is 26.2 Å². The van der Waals surface area contributed by atoms with Crippen LogP contribution in [-0.2, 0) is 4.79 Å². The first-order valence-corrected chi connectivity index (χ1v) is 7.21. The average Bonchev–Trinajstić information content (AvgIpc) is 3.15. The quantitative estimate of drug-likeness (QED) is 0.906. The molecule has 0 saturated carbocycles. The summed E-state index contributed by atoms with van der Waals surface area (Å²) in [5.41, 5.74) is 1.78. The van der Waals surface area contributed by atoms with Crippen molar-refractivity contribution < 1.29 is 14.0 Å². The summed E-state index contributed by atoms with van der Waals surface area (Å²) < 4.78 is 5.35. The Kier molecular flexibility index (Phi) is 3.70. The lowest BCUT2D eigenvalue weighted by atomic mass is 10.1. The van der Waals surface area contributed by atoms with Crippen LogP contribution >= 0.6 is 0 Å². The van der Waals surface area contributed by atoms with Crippen molar-refractivity contribution in [1.82, 2.24) is 20.0 Å². The van der Waals surface area contributed by atoms with Gasteiger partial charge in [0.25, 0.3) is 5.91 Å². The van der Waals surface area contributed by atoms with Crippen molar-refractivity contribution in [2.24, 2.45) is 0 Å². The molecule has 3 heterocycles. The molecular weight excluding hydrogens is 284 g/mol. The van der Waals surface area contributed by atoms with Crippen LogP contribution in [0.4, 0.5) is 0 Å². The fourth-order valence-corrected chi connectivity index (χ4v) is 2.66. The number of aryl methyl sites for hydroxylation is 1. The number of amides is 2. The average molecular weight is 302 g/mol. The van der Waals surface area contributed by atoms with Crippen molar-refractivity contribution in [1.29, 1.82) is 0 Å². The third kappa shape index (κ3) is 2.49. The van der Waals surface area contributed by atoms with Crippen molar-refractivity contribution in [3.63, 3.8) is 0 Å². The Hall–Kier alpha value is -2.57. The SMILES string of the molecule is CC(=O)N1CCN(C(=O)c2c(-c3ccco3)n[nH]c2C)CC1. The molecule has 1 aliphatic rings. The Morgan fingerprint density at radius 2 is 1.91 bits per heavy atom. The molecule has 1 saturated heterocycles. The summed E-state index contributed by atoms with van der Waals surface area (Å²) in [6, 6.07) is 3.54. The molecule has 7 heteroatoms. The minimum absolute atomic E-state index is 0.0443. The standard InChI is InChI=1S/C15H18N4O3/c1-10-13(14(17-16-10)12-4-3-9-22-12)15(21)19-7-5-18(6-8-19)11(2)20/h3-4,9H,5-8H2,1-2H3,(H,16,17). The molecule has 2 amide bonds. The smallest absolute Gasteiger partial charge is 0.258 e. The lowest BCUT2D eigenvalue weighted by molar-refractivity contribution is -0.130. The van der Waals surface area contributed by atoms with Gasteiger partial charge in [0, 0.05) is 38.8 Å². The van der Waals surface area contributed by atoms with Gasteiger partial charge in [-0.3, -0.25) is 14.7 Å². The summed E-state index contributed by atoms with van der Waals surface area (Å²) in [5, 5.41) is 7.04. The molecule has 2 aromatic heterocycles. The molecule has 0 radical (unpaired) electrons. The van der Waals surface area contributed by atoms with E-state index >= 15 is 0 Å². The number of carbonyl (C=O) groups excluding carboxylic acids is 2. The van der Waals surface area contributed by atoms with E-state index in [4.69, 9.17) is 4.42 Å². The molecule has 0 unspecified atom stereocenters. The number of aromatic amines is 1. The van der Waals surface area contributed by atoms with Crippen molar-refractivity contribution >= 4 is 11.8 Å². The maximum absolute atomic E-state index is 12.8. The van der Waals surface area contributed by atoms with Gasteiger partial charge in [-0.25, -0.2) is 0 Å². The maximum atomic E-state index is 12.8. The van der Waals surface area contributed by atoms with Gasteiger partial charge in [0.05, 0.1) is 11.8 Å². The van der Waals surface area contributed by atoms with Gasteiger partial charge in [-0.15, -0.1) is 0 Å². The van der Waals surface area contributed by atoms with E-state index in [0.29, 0.717) is 48.9 Å². The van der Waals surface area contributed by atoms with E-state index in [1.165, 1.54) is 0 Å². The number of H-pyrrole nitrogens is 1. The van der Waals surface area contributed by atoms with E-state index in [2.05, 4.69) is 10.2 Å². The molecule has 2 aromatic rings. The lowest BCUT2D eigenvalue weighted by Gasteiger charge is -2.34. The summed E-state index contributed by atoms with van der Waals surface area (Å²) in [6.07, 6.45) is 1.55. The zero-order chi connectivity index (χ0) is 15.7. The van der Waals surface area contributed by atoms with Crippen LogP contribution in [0.3, 0.4) is 0 Å². The number of piperazine rings is 1. The molecule has 0 aliphatic carbocycles. The van der Waals surface area contributed by atoms with Crippen LogP contribution in [0.1, 0.15) is 23.0 Å². The first-order chi connectivity index (χ1) is 10.6. The first kappa shape index (κ1) is 14.4. The number of aromatic nitrogens is 2. The second-order valence-corrected chi connectivity index (χ2v) is 5.35. The second kappa shape index (κ2) is 5.67. The van der Waals surface area contributed by atoms with Gasteiger partial charge in [0.1, 0.15) is 5.69 Å². The number of nitrogens with one attached hydrogen (secondary N) is 1. The topological polar surface area (TPSA) is 82.4 Å². The molecule has 0 bridgehead atoms. The van der Waals surface area contributed by atoms with Gasteiger partial charge < -0.3 is 14.2 Å². The summed E-state index contributed by atoms with van der Waals surface area (Å²) in [6.45, 7) is 5.55. The Labute approximate surface area is 127 Å². The van der Waals surface area contributed by atoms with Crippen molar-refractivity contribution in [2.45, 2.75) is 13.8 Å². The Balaban J connectivity index is 1.82. The van der Waals surface area contributed by atoms with Crippen LogP contribution in [0.25, 0.3) is 11.5 Å². The molecule has 22 heavy (non-hydrogen) atoms. The zero-order valence-corrected chi connectivity index (χ0v) is 12.6. The normalized spacial score (nSPS) is 15.2. The fourth-order valence-electron chi connectivity index (χ4n) is 2.66. The minimum Gasteiger partial charge on any atom is -0.463 e. The molecule has 3 rings (SSSR count). The minimum atomic E-state index is -0.0825. The predicted molar refractivity (Wildman–Crippen MR) is 79.2 cm³/mol. The Morgan fingerprint density at radius 3 is 2.50 bits per heavy atom. The van der Waals surface area contributed by atoms with Gasteiger partial charge in [0.15, 0.2) is 5.76 Å². The largest absolute Gasteiger partial charge is 0.463 e. The number of rotatable bonds is 2. The van der Waals surface area contributed by atoms with Crippen molar-refractivity contribution in [3.8, 4) is 11.5 Å². The number of hydrogen-bond donors (Lipinski definition) is 1. The highest BCUT2D eigenvalue weighted by atomic mass is 16.3. The lowest BCUT2D eigenvalue weighted by Crippen LogP contribution is -2.50. The van der Waals surface area contributed by atoms with Gasteiger partial charge in [-0.05, 0) is 19.1 Å². The van der Waals surface area contributed by atoms with Gasteiger partial charge >= 0.3 is 0 Å². The second-order valence-electron chi connectivity index (χ2n) is 5.35. The number of hydrogen-bond acceptors (Lipinski definition) is 4. The van der Waals surface area contributed by atoms with Crippen LogP contribution in [0.2, 0.25) is 0 Å². The van der Waals surface area contributed by atoms with E-state index in [1.54, 1.807) is 35.1 Å². The van der Waals surface area contributed by atoms with Crippen molar-refractivity contribution in [3.05, 3.63) is 29.7 Å². The third-order valence-electron chi connectivity index (χ3n) is 3.93. The summed E-state index contributed by atoms with van der Waals surface area (Å²) in [5.74, 6) is 0.527. The highest BCUT2D eigenvalue weighted by molar-refractivity contribution is 6.00. The van der Waals surface area contributed by atoms with Crippen LogP contribution < -0.4 is 0 Å². The summed E-state index contributed by atoms with van der Waals surface area (Å²) in [7, 11) is 0. The first-order valence-electron chi connectivity index (χ1n) is 7.21. The molecule has 1 fully saturated rings. The molecule has 1 aliphatic heterocycles.